The van der Waals surface area contributed by atoms with E-state index in [-0.39, 0.29) is 12.6 Å². The maximum absolute atomic E-state index is 12.1. The maximum Gasteiger partial charge on any atom is 0.341 e. The summed E-state index contributed by atoms with van der Waals surface area (Å²) >= 11 is 0. The Bertz CT molecular complexity index is 648. The minimum absolute atomic E-state index is 0.288. The highest BCUT2D eigenvalue weighted by molar-refractivity contribution is 5.95. The smallest absolute Gasteiger partial charge is 0.341 e. The highest BCUT2D eigenvalue weighted by Crippen LogP contribution is 2.42. The second-order valence-electron chi connectivity index (χ2n) is 4.52. The fraction of sp³-hybridized carbons (Fsp3) is 0.118. The minimum Gasteiger partial charge on any atom is -0.420 e. The molecule has 0 N–H and O–H groups in total. The van der Waals surface area contributed by atoms with E-state index in [1.807, 2.05) is 48.5 Å². The van der Waals surface area contributed by atoms with Crippen LogP contribution in [-0.4, -0.2) is 12.6 Å². The molecule has 3 rings (SSSR count). The molecule has 0 spiro atoms. The van der Waals surface area contributed by atoms with Crippen molar-refractivity contribution in [2.75, 3.05) is 6.61 Å². The maximum atomic E-state index is 12.1. The Morgan fingerprint density at radius 1 is 1.10 bits per heavy atom. The third-order valence-electron chi connectivity index (χ3n) is 3.30. The standard InChI is InChI=1S/C17H14O3/c1-2-12-19-17(13-8-4-3-5-9-13)15-11-7-6-10-14(15)16(18)20-17/h2-11H,1,12H2. The lowest BCUT2D eigenvalue weighted by atomic mass is 9.95. The summed E-state index contributed by atoms with van der Waals surface area (Å²) in [5, 5.41) is 0. The number of ether oxygens (including phenoxy) is 2. The first-order valence-corrected chi connectivity index (χ1v) is 6.41. The second kappa shape index (κ2) is 4.94. The summed E-state index contributed by atoms with van der Waals surface area (Å²) in [6.45, 7) is 3.94. The van der Waals surface area contributed by atoms with Gasteiger partial charge in [-0.1, -0.05) is 54.6 Å². The molecule has 3 heteroatoms. The molecular weight excluding hydrogens is 252 g/mol. The first-order valence-electron chi connectivity index (χ1n) is 6.41. The van der Waals surface area contributed by atoms with E-state index in [0.717, 1.165) is 11.1 Å². The van der Waals surface area contributed by atoms with Crippen LogP contribution >= 0.6 is 0 Å². The van der Waals surface area contributed by atoms with Gasteiger partial charge in [-0.2, -0.15) is 0 Å². The number of fused-ring (bicyclic) bond motifs is 1. The van der Waals surface area contributed by atoms with Gasteiger partial charge in [-0.25, -0.2) is 4.79 Å². The molecule has 0 bridgehead atoms. The van der Waals surface area contributed by atoms with E-state index in [4.69, 9.17) is 9.47 Å². The Balaban J connectivity index is 2.18. The van der Waals surface area contributed by atoms with E-state index in [1.165, 1.54) is 0 Å². The van der Waals surface area contributed by atoms with Gasteiger partial charge in [0.1, 0.15) is 0 Å². The lowest BCUT2D eigenvalue weighted by Crippen LogP contribution is -2.31. The van der Waals surface area contributed by atoms with E-state index in [9.17, 15) is 4.79 Å². The Hall–Kier alpha value is -2.39. The van der Waals surface area contributed by atoms with Crippen LogP contribution in [0, 0.1) is 0 Å². The van der Waals surface area contributed by atoms with Crippen LogP contribution in [-0.2, 0) is 15.3 Å². The van der Waals surface area contributed by atoms with Crippen LogP contribution in [0.1, 0.15) is 21.5 Å². The fourth-order valence-corrected chi connectivity index (χ4v) is 2.43. The summed E-state index contributed by atoms with van der Waals surface area (Å²) in [6.07, 6.45) is 1.64. The predicted octanol–water partition coefficient (Wildman–Crippen LogP) is 3.26. The average Bonchev–Trinajstić information content (AvgIpc) is 2.80. The number of esters is 1. The van der Waals surface area contributed by atoms with Crippen LogP contribution in [0.2, 0.25) is 0 Å². The first kappa shape index (κ1) is 12.6. The normalized spacial score (nSPS) is 20.3. The molecular formula is C17H14O3. The SMILES string of the molecule is C=CCOC1(c2ccccc2)OC(=O)c2ccccc21. The predicted molar refractivity (Wildman–Crippen MR) is 75.2 cm³/mol. The molecule has 0 amide bonds. The third-order valence-corrected chi connectivity index (χ3v) is 3.30. The monoisotopic (exact) mass is 266 g/mol. The van der Waals surface area contributed by atoms with Crippen molar-refractivity contribution in [1.29, 1.82) is 0 Å². The summed E-state index contributed by atoms with van der Waals surface area (Å²) in [7, 11) is 0. The minimum atomic E-state index is -1.18. The number of carbonyl (C=O) groups is 1. The number of benzene rings is 2. The van der Waals surface area contributed by atoms with Crippen molar-refractivity contribution in [2.45, 2.75) is 5.79 Å². The fourth-order valence-electron chi connectivity index (χ4n) is 2.43. The van der Waals surface area contributed by atoms with Crippen LogP contribution in [0.15, 0.2) is 67.3 Å². The number of hydrogen-bond donors (Lipinski definition) is 0. The molecule has 0 saturated heterocycles. The largest absolute Gasteiger partial charge is 0.420 e. The molecule has 1 atom stereocenters. The molecule has 0 aliphatic carbocycles. The van der Waals surface area contributed by atoms with Crippen LogP contribution in [0.5, 0.6) is 0 Å². The molecule has 1 unspecified atom stereocenters. The van der Waals surface area contributed by atoms with Crippen molar-refractivity contribution in [3.05, 3.63) is 83.9 Å². The Morgan fingerprint density at radius 2 is 1.80 bits per heavy atom. The molecule has 1 aliphatic rings. The van der Waals surface area contributed by atoms with Gasteiger partial charge in [0.2, 0.25) is 0 Å². The second-order valence-corrected chi connectivity index (χ2v) is 4.52. The molecule has 0 radical (unpaired) electrons. The number of hydrogen-bond acceptors (Lipinski definition) is 3. The third kappa shape index (κ3) is 1.84. The van der Waals surface area contributed by atoms with Gasteiger partial charge in [-0.15, -0.1) is 6.58 Å². The van der Waals surface area contributed by atoms with Crippen molar-refractivity contribution in [3.63, 3.8) is 0 Å². The Morgan fingerprint density at radius 3 is 2.55 bits per heavy atom. The van der Waals surface area contributed by atoms with Gasteiger partial charge >= 0.3 is 5.97 Å². The molecule has 0 fully saturated rings. The summed E-state index contributed by atoms with van der Waals surface area (Å²) in [5.74, 6) is -1.54. The lowest BCUT2D eigenvalue weighted by molar-refractivity contribution is -0.166. The van der Waals surface area contributed by atoms with Crippen LogP contribution in [0.4, 0.5) is 0 Å². The molecule has 0 saturated carbocycles. The zero-order valence-corrected chi connectivity index (χ0v) is 10.9. The molecule has 2 aromatic rings. The van der Waals surface area contributed by atoms with Crippen LogP contribution in [0.3, 0.4) is 0 Å². The van der Waals surface area contributed by atoms with Gasteiger partial charge in [0.05, 0.1) is 12.2 Å². The number of cyclic esters (lactones) is 1. The van der Waals surface area contributed by atoms with E-state index in [0.29, 0.717) is 5.56 Å². The van der Waals surface area contributed by atoms with Crippen molar-refractivity contribution in [1.82, 2.24) is 0 Å². The number of carbonyl (C=O) groups excluding carboxylic acids is 1. The van der Waals surface area contributed by atoms with Gasteiger partial charge in [-0.3, -0.25) is 0 Å². The van der Waals surface area contributed by atoms with Crippen molar-refractivity contribution in [2.24, 2.45) is 0 Å². The van der Waals surface area contributed by atoms with Crippen molar-refractivity contribution >= 4 is 5.97 Å². The van der Waals surface area contributed by atoms with Gasteiger partial charge in [0.25, 0.3) is 5.79 Å². The van der Waals surface area contributed by atoms with Gasteiger partial charge in [-0.05, 0) is 6.07 Å². The molecule has 100 valence electrons. The molecule has 1 aliphatic heterocycles. The van der Waals surface area contributed by atoms with E-state index >= 15 is 0 Å². The van der Waals surface area contributed by atoms with Gasteiger partial charge in [0, 0.05) is 11.1 Å². The molecule has 20 heavy (non-hydrogen) atoms. The van der Waals surface area contributed by atoms with Crippen molar-refractivity contribution in [3.8, 4) is 0 Å². The Labute approximate surface area is 117 Å². The van der Waals surface area contributed by atoms with Crippen LogP contribution < -0.4 is 0 Å². The summed E-state index contributed by atoms with van der Waals surface area (Å²) in [4.78, 5) is 12.1. The molecule has 3 nitrogen and oxygen atoms in total. The molecule has 2 aromatic carbocycles. The quantitative estimate of drug-likeness (QED) is 0.629. The van der Waals surface area contributed by atoms with E-state index in [2.05, 4.69) is 6.58 Å². The zero-order valence-electron chi connectivity index (χ0n) is 10.9. The number of rotatable bonds is 4. The summed E-state index contributed by atoms with van der Waals surface area (Å²) < 4.78 is 11.5. The average molecular weight is 266 g/mol. The highest BCUT2D eigenvalue weighted by atomic mass is 16.7. The topological polar surface area (TPSA) is 35.5 Å². The first-order chi connectivity index (χ1) is 9.78. The molecule has 0 aromatic heterocycles. The highest BCUT2D eigenvalue weighted by Gasteiger charge is 2.48. The van der Waals surface area contributed by atoms with E-state index < -0.39 is 5.79 Å². The zero-order chi connectivity index (χ0) is 14.0. The Kier molecular flexibility index (Phi) is 3.12. The van der Waals surface area contributed by atoms with Gasteiger partial charge < -0.3 is 9.47 Å². The lowest BCUT2D eigenvalue weighted by Gasteiger charge is -2.28. The van der Waals surface area contributed by atoms with Gasteiger partial charge in [0.15, 0.2) is 0 Å². The van der Waals surface area contributed by atoms with E-state index in [1.54, 1.807) is 12.1 Å². The molecule has 1 heterocycles. The van der Waals surface area contributed by atoms with Crippen molar-refractivity contribution < 1.29 is 14.3 Å². The summed E-state index contributed by atoms with van der Waals surface area (Å²) in [5.41, 5.74) is 2.07. The van der Waals surface area contributed by atoms with Crippen LogP contribution in [0.25, 0.3) is 0 Å². The summed E-state index contributed by atoms with van der Waals surface area (Å²) in [6, 6.07) is 16.8.